The molecule has 0 bridgehead atoms. The Hall–Kier alpha value is -4.30. The van der Waals surface area contributed by atoms with Gasteiger partial charge in [0.05, 0.1) is 18.5 Å². The molecule has 0 aliphatic heterocycles. The van der Waals surface area contributed by atoms with Crippen LogP contribution in [0.2, 0.25) is 0 Å². The molecule has 5 aromatic rings. The third-order valence-electron chi connectivity index (χ3n) is 5.94. The summed E-state index contributed by atoms with van der Waals surface area (Å²) in [6.07, 6.45) is 0.926. The van der Waals surface area contributed by atoms with Gasteiger partial charge >= 0.3 is 0 Å². The molecular weight excluding hydrogens is 548 g/mol. The van der Waals surface area contributed by atoms with Gasteiger partial charge < -0.3 is 23.9 Å². The molecular formula is C30H25BrN2O5. The zero-order valence-electron chi connectivity index (χ0n) is 20.6. The van der Waals surface area contributed by atoms with Crippen molar-refractivity contribution in [3.63, 3.8) is 0 Å². The monoisotopic (exact) mass is 572 g/mol. The number of ether oxygens (including phenoxy) is 3. The van der Waals surface area contributed by atoms with E-state index >= 15 is 0 Å². The molecule has 0 aliphatic carbocycles. The number of methoxy groups -OCH3 is 1. The van der Waals surface area contributed by atoms with Crippen LogP contribution < -0.4 is 18.9 Å². The van der Waals surface area contributed by atoms with Crippen LogP contribution >= 0.6 is 15.9 Å². The van der Waals surface area contributed by atoms with Crippen LogP contribution in [0.15, 0.2) is 108 Å². The van der Waals surface area contributed by atoms with Gasteiger partial charge in [-0.15, -0.1) is 0 Å². The number of hydrogen-bond acceptors (Lipinski definition) is 6. The van der Waals surface area contributed by atoms with Crippen molar-refractivity contribution in [3.8, 4) is 28.6 Å². The van der Waals surface area contributed by atoms with Crippen LogP contribution in [0.5, 0.6) is 17.2 Å². The highest BCUT2D eigenvalue weighted by molar-refractivity contribution is 9.08. The number of benzene rings is 3. The number of pyridine rings is 1. The van der Waals surface area contributed by atoms with Crippen LogP contribution in [0, 0.1) is 5.21 Å². The predicted molar refractivity (Wildman–Crippen MR) is 146 cm³/mol. The van der Waals surface area contributed by atoms with Crippen molar-refractivity contribution in [1.82, 2.24) is 5.16 Å². The Labute approximate surface area is 228 Å². The molecule has 0 spiro atoms. The molecule has 0 radical (unpaired) electrons. The second kappa shape index (κ2) is 11.8. The van der Waals surface area contributed by atoms with Gasteiger partial charge in [0.15, 0.2) is 11.4 Å². The summed E-state index contributed by atoms with van der Waals surface area (Å²) in [7, 11) is 1.62. The lowest BCUT2D eigenvalue weighted by atomic mass is 10.0. The minimum atomic E-state index is -0.438. The molecule has 0 saturated heterocycles. The van der Waals surface area contributed by atoms with E-state index in [2.05, 4.69) is 21.1 Å². The summed E-state index contributed by atoms with van der Waals surface area (Å²) in [6, 6.07) is 30.7. The first kappa shape index (κ1) is 25.4. The van der Waals surface area contributed by atoms with Crippen LogP contribution in [0.25, 0.3) is 11.4 Å². The van der Waals surface area contributed by atoms with Crippen LogP contribution in [0.1, 0.15) is 28.6 Å². The molecule has 0 aliphatic rings. The molecule has 0 fully saturated rings. The number of hydrogen-bond donors (Lipinski definition) is 0. The highest BCUT2D eigenvalue weighted by Gasteiger charge is 2.24. The Morgan fingerprint density at radius 3 is 2.13 bits per heavy atom. The fourth-order valence-corrected chi connectivity index (χ4v) is 4.24. The summed E-state index contributed by atoms with van der Waals surface area (Å²) in [4.78, 5) is 0. The SMILES string of the molecule is COc1ccc(COc2c[n+]([O-])c(-c3cc(CBr)on3)cc2OC(c2ccccc2)c2ccccc2)cc1. The zero-order valence-corrected chi connectivity index (χ0v) is 22.2. The normalized spacial score (nSPS) is 10.9. The van der Waals surface area contributed by atoms with Gasteiger partial charge in [-0.3, -0.25) is 0 Å². The van der Waals surface area contributed by atoms with E-state index in [1.807, 2.05) is 84.9 Å². The average molecular weight is 573 g/mol. The summed E-state index contributed by atoms with van der Waals surface area (Å²) in [5.74, 6) is 2.07. The molecule has 2 heterocycles. The fraction of sp³-hybridized carbons (Fsp3) is 0.133. The number of aromatic nitrogens is 2. The first-order chi connectivity index (χ1) is 18.6. The minimum absolute atomic E-state index is 0.235. The van der Waals surface area contributed by atoms with Gasteiger partial charge in [0.1, 0.15) is 24.2 Å². The van der Waals surface area contributed by atoms with Crippen molar-refractivity contribution in [2.75, 3.05) is 7.11 Å². The summed E-state index contributed by atoms with van der Waals surface area (Å²) >= 11 is 3.35. The maximum absolute atomic E-state index is 13.1. The standard InChI is InChI=1S/C30H25BrN2O5/c1-35-24-14-12-21(13-15-24)20-36-29-19-33(34)27(26-16-25(18-31)38-32-26)17-28(29)37-30(22-8-4-2-5-9-22)23-10-6-3-7-11-23/h2-17,19,30H,18,20H2,1H3. The van der Waals surface area contributed by atoms with E-state index in [1.165, 1.54) is 6.20 Å². The van der Waals surface area contributed by atoms with Crippen molar-refractivity contribution in [1.29, 1.82) is 0 Å². The summed E-state index contributed by atoms with van der Waals surface area (Å²) in [6.45, 7) is 0.235. The van der Waals surface area contributed by atoms with Crippen LogP contribution in [-0.2, 0) is 11.9 Å². The molecule has 0 N–H and O–H groups in total. The second-order valence-electron chi connectivity index (χ2n) is 8.48. The fourth-order valence-electron chi connectivity index (χ4n) is 3.98. The van der Waals surface area contributed by atoms with E-state index in [4.69, 9.17) is 18.7 Å². The lowest BCUT2D eigenvalue weighted by Crippen LogP contribution is -2.29. The molecule has 2 aromatic heterocycles. The predicted octanol–water partition coefficient (Wildman–Crippen LogP) is 6.63. The van der Waals surface area contributed by atoms with Crippen molar-refractivity contribution in [2.45, 2.75) is 18.0 Å². The van der Waals surface area contributed by atoms with Gasteiger partial charge in [0.25, 0.3) is 0 Å². The van der Waals surface area contributed by atoms with E-state index in [-0.39, 0.29) is 12.3 Å². The molecule has 0 unspecified atom stereocenters. The van der Waals surface area contributed by atoms with Crippen molar-refractivity contribution in [3.05, 3.63) is 131 Å². The first-order valence-electron chi connectivity index (χ1n) is 12.0. The maximum atomic E-state index is 13.1. The van der Waals surface area contributed by atoms with Gasteiger partial charge in [-0.1, -0.05) is 93.9 Å². The smallest absolute Gasteiger partial charge is 0.249 e. The Morgan fingerprint density at radius 2 is 1.55 bits per heavy atom. The molecule has 0 amide bonds. The molecule has 3 aromatic carbocycles. The molecule has 192 valence electrons. The van der Waals surface area contributed by atoms with Crippen LogP contribution in [0.3, 0.4) is 0 Å². The quantitative estimate of drug-likeness (QED) is 0.106. The molecule has 5 rings (SSSR count). The van der Waals surface area contributed by atoms with Crippen molar-refractivity contribution >= 4 is 15.9 Å². The molecule has 0 atom stereocenters. The number of rotatable bonds is 10. The third kappa shape index (κ3) is 5.81. The minimum Gasteiger partial charge on any atom is -0.618 e. The Balaban J connectivity index is 1.54. The molecule has 8 heteroatoms. The Bertz CT molecular complexity index is 1430. The maximum Gasteiger partial charge on any atom is 0.249 e. The van der Waals surface area contributed by atoms with Gasteiger partial charge in [0, 0.05) is 6.07 Å². The van der Waals surface area contributed by atoms with Crippen molar-refractivity contribution < 1.29 is 23.5 Å². The van der Waals surface area contributed by atoms with E-state index in [0.29, 0.717) is 33.0 Å². The van der Waals surface area contributed by atoms with Gasteiger partial charge in [-0.25, -0.2) is 0 Å². The average Bonchev–Trinajstić information content (AvgIpc) is 3.46. The highest BCUT2D eigenvalue weighted by Crippen LogP contribution is 2.36. The second-order valence-corrected chi connectivity index (χ2v) is 9.04. The Morgan fingerprint density at radius 1 is 0.895 bits per heavy atom. The zero-order chi connectivity index (χ0) is 26.3. The topological polar surface area (TPSA) is 80.7 Å². The van der Waals surface area contributed by atoms with Gasteiger partial charge in [-0.05, 0) is 28.8 Å². The van der Waals surface area contributed by atoms with E-state index in [0.717, 1.165) is 22.4 Å². The third-order valence-corrected chi connectivity index (χ3v) is 6.49. The Kier molecular flexibility index (Phi) is 7.89. The van der Waals surface area contributed by atoms with Gasteiger partial charge in [-0.2, -0.15) is 4.73 Å². The summed E-state index contributed by atoms with van der Waals surface area (Å²) in [5, 5.41) is 17.6. The van der Waals surface area contributed by atoms with Crippen LogP contribution in [-0.4, -0.2) is 12.3 Å². The van der Waals surface area contributed by atoms with E-state index in [9.17, 15) is 5.21 Å². The number of alkyl halides is 1. The first-order valence-corrected chi connectivity index (χ1v) is 13.1. The van der Waals surface area contributed by atoms with Crippen LogP contribution in [0.4, 0.5) is 0 Å². The lowest BCUT2D eigenvalue weighted by Gasteiger charge is -2.22. The van der Waals surface area contributed by atoms with Gasteiger partial charge in [0.2, 0.25) is 17.6 Å². The lowest BCUT2D eigenvalue weighted by molar-refractivity contribution is -0.594. The number of nitrogens with zero attached hydrogens (tertiary/aromatic N) is 2. The summed E-state index contributed by atoms with van der Waals surface area (Å²) in [5.41, 5.74) is 3.52. The number of halogens is 1. The molecule has 0 saturated carbocycles. The van der Waals surface area contributed by atoms with E-state index < -0.39 is 6.10 Å². The summed E-state index contributed by atoms with van der Waals surface area (Å²) < 4.78 is 24.0. The highest BCUT2D eigenvalue weighted by atomic mass is 79.9. The molecule has 7 nitrogen and oxygen atoms in total. The largest absolute Gasteiger partial charge is 0.618 e. The van der Waals surface area contributed by atoms with E-state index in [1.54, 1.807) is 19.2 Å². The van der Waals surface area contributed by atoms with Crippen molar-refractivity contribution in [2.24, 2.45) is 0 Å². The molecule has 38 heavy (non-hydrogen) atoms.